The van der Waals surface area contributed by atoms with E-state index in [9.17, 15) is 10.1 Å². The quantitative estimate of drug-likeness (QED) is 0.620. The van der Waals surface area contributed by atoms with Crippen LogP contribution >= 0.6 is 0 Å². The van der Waals surface area contributed by atoms with Gasteiger partial charge in [0.15, 0.2) is 0 Å². The zero-order valence-corrected chi connectivity index (χ0v) is 18.2. The molecule has 1 aliphatic heterocycles. The highest BCUT2D eigenvalue weighted by Gasteiger charge is 2.37. The van der Waals surface area contributed by atoms with Gasteiger partial charge in [0.2, 0.25) is 5.91 Å². The lowest BCUT2D eigenvalue weighted by Crippen LogP contribution is -2.44. The van der Waals surface area contributed by atoms with E-state index < -0.39 is 5.41 Å². The molecule has 31 heavy (non-hydrogen) atoms. The summed E-state index contributed by atoms with van der Waals surface area (Å²) in [7, 11) is 0. The van der Waals surface area contributed by atoms with Gasteiger partial charge in [0, 0.05) is 25.2 Å². The number of amides is 1. The van der Waals surface area contributed by atoms with Crippen molar-refractivity contribution in [1.29, 1.82) is 5.26 Å². The first-order valence-corrected chi connectivity index (χ1v) is 10.9. The van der Waals surface area contributed by atoms with E-state index in [1.165, 1.54) is 0 Å². The predicted molar refractivity (Wildman–Crippen MR) is 121 cm³/mol. The number of nitrogens with zero attached hydrogens (tertiary/aromatic N) is 4. The molecule has 1 aromatic heterocycles. The van der Waals surface area contributed by atoms with Crippen LogP contribution in [0.4, 0.5) is 0 Å². The zero-order valence-electron chi connectivity index (χ0n) is 18.2. The molecule has 0 atom stereocenters. The topological polar surface area (TPSA) is 61.9 Å². The lowest BCUT2D eigenvalue weighted by atomic mass is 9.74. The van der Waals surface area contributed by atoms with Crippen molar-refractivity contribution in [1.82, 2.24) is 14.7 Å². The van der Waals surface area contributed by atoms with Crippen molar-refractivity contribution in [3.05, 3.63) is 83.2 Å². The van der Waals surface area contributed by atoms with Crippen molar-refractivity contribution in [3.8, 4) is 11.8 Å². The summed E-state index contributed by atoms with van der Waals surface area (Å²) >= 11 is 0. The van der Waals surface area contributed by atoms with Gasteiger partial charge in [-0.15, -0.1) is 0 Å². The van der Waals surface area contributed by atoms with E-state index in [-0.39, 0.29) is 5.91 Å². The van der Waals surface area contributed by atoms with Gasteiger partial charge in [-0.05, 0) is 62.4 Å². The molecule has 0 aliphatic carbocycles. The van der Waals surface area contributed by atoms with Gasteiger partial charge in [-0.3, -0.25) is 4.79 Å². The molecule has 5 nitrogen and oxygen atoms in total. The molecule has 0 radical (unpaired) electrons. The van der Waals surface area contributed by atoms with Gasteiger partial charge in [-0.25, -0.2) is 4.68 Å². The second-order valence-corrected chi connectivity index (χ2v) is 8.45. The molecule has 0 bridgehead atoms. The Balaban J connectivity index is 1.33. The molecule has 0 unspecified atom stereocenters. The molecule has 5 heteroatoms. The first kappa shape index (κ1) is 20.9. The maximum atomic E-state index is 12.8. The third-order valence-electron chi connectivity index (χ3n) is 6.33. The average molecular weight is 413 g/mol. The Morgan fingerprint density at radius 1 is 1.06 bits per heavy atom. The summed E-state index contributed by atoms with van der Waals surface area (Å²) in [6.07, 6.45) is 2.59. The minimum Gasteiger partial charge on any atom is -0.343 e. The fourth-order valence-corrected chi connectivity index (χ4v) is 4.46. The number of nitriles is 1. The molecule has 0 N–H and O–H groups in total. The molecule has 2 aromatic carbocycles. The largest absolute Gasteiger partial charge is 0.343 e. The average Bonchev–Trinajstić information content (AvgIpc) is 3.16. The summed E-state index contributed by atoms with van der Waals surface area (Å²) in [4.78, 5) is 14.7. The van der Waals surface area contributed by atoms with E-state index in [0.717, 1.165) is 34.6 Å². The zero-order chi connectivity index (χ0) is 21.8. The smallest absolute Gasteiger partial charge is 0.222 e. The van der Waals surface area contributed by atoms with Crippen LogP contribution < -0.4 is 0 Å². The standard InChI is InChI=1S/C26H28N4O/c1-20-18-21(2)30(28-20)24-11-8-22(9-12-24)10-13-25(31)29-16-14-26(19-27,15-17-29)23-6-4-3-5-7-23/h3-9,11-12,18H,10,13-17H2,1-2H3. The van der Waals surface area contributed by atoms with Crippen LogP contribution in [0.5, 0.6) is 0 Å². The van der Waals surface area contributed by atoms with Gasteiger partial charge in [-0.2, -0.15) is 10.4 Å². The SMILES string of the molecule is Cc1cc(C)n(-c2ccc(CCC(=O)N3CCC(C#N)(c4ccccc4)CC3)cc2)n1. The van der Waals surface area contributed by atoms with Crippen molar-refractivity contribution in [2.24, 2.45) is 0 Å². The van der Waals surface area contributed by atoms with E-state index in [2.05, 4.69) is 41.5 Å². The molecule has 4 rings (SSSR count). The van der Waals surface area contributed by atoms with Crippen LogP contribution in [0.1, 0.15) is 41.8 Å². The Labute approximate surface area is 183 Å². The summed E-state index contributed by atoms with van der Waals surface area (Å²) < 4.78 is 1.94. The molecule has 1 saturated heterocycles. The van der Waals surface area contributed by atoms with Crippen LogP contribution in [0.25, 0.3) is 5.69 Å². The molecule has 3 aromatic rings. The number of likely N-dealkylation sites (tertiary alicyclic amines) is 1. The predicted octanol–water partition coefficient (Wildman–Crippen LogP) is 4.51. The first-order valence-electron chi connectivity index (χ1n) is 10.9. The fraction of sp³-hybridized carbons (Fsp3) is 0.346. The van der Waals surface area contributed by atoms with E-state index in [1.807, 2.05) is 53.8 Å². The molecule has 1 fully saturated rings. The third kappa shape index (κ3) is 4.39. The lowest BCUT2D eigenvalue weighted by molar-refractivity contribution is -0.132. The van der Waals surface area contributed by atoms with Crippen LogP contribution in [0, 0.1) is 25.2 Å². The summed E-state index contributed by atoms with van der Waals surface area (Å²) in [5.74, 6) is 0.169. The molecule has 1 aliphatic rings. The van der Waals surface area contributed by atoms with E-state index in [4.69, 9.17) is 0 Å². The second-order valence-electron chi connectivity index (χ2n) is 8.45. The summed E-state index contributed by atoms with van der Waals surface area (Å²) in [5, 5.41) is 14.4. The van der Waals surface area contributed by atoms with Gasteiger partial charge < -0.3 is 4.90 Å². The summed E-state index contributed by atoms with van der Waals surface area (Å²) in [5.41, 5.74) is 4.87. The van der Waals surface area contributed by atoms with Gasteiger partial charge in [0.1, 0.15) is 0 Å². The van der Waals surface area contributed by atoms with Crippen LogP contribution in [-0.2, 0) is 16.6 Å². The molecular weight excluding hydrogens is 384 g/mol. The van der Waals surface area contributed by atoms with Crippen LogP contribution in [-0.4, -0.2) is 33.7 Å². The number of aromatic nitrogens is 2. The number of piperidine rings is 1. The number of hydrogen-bond donors (Lipinski definition) is 0. The highest BCUT2D eigenvalue weighted by molar-refractivity contribution is 5.76. The van der Waals surface area contributed by atoms with Gasteiger partial charge in [0.25, 0.3) is 0 Å². The molecule has 0 spiro atoms. The van der Waals surface area contributed by atoms with E-state index in [0.29, 0.717) is 32.4 Å². The number of rotatable bonds is 5. The van der Waals surface area contributed by atoms with Crippen molar-refractivity contribution in [2.75, 3.05) is 13.1 Å². The maximum absolute atomic E-state index is 12.8. The van der Waals surface area contributed by atoms with Crippen LogP contribution in [0.3, 0.4) is 0 Å². The number of hydrogen-bond acceptors (Lipinski definition) is 3. The molecule has 0 saturated carbocycles. The van der Waals surface area contributed by atoms with Gasteiger partial charge >= 0.3 is 0 Å². The maximum Gasteiger partial charge on any atom is 0.222 e. The number of carbonyl (C=O) groups is 1. The fourth-order valence-electron chi connectivity index (χ4n) is 4.46. The van der Waals surface area contributed by atoms with Crippen molar-refractivity contribution >= 4 is 5.91 Å². The monoisotopic (exact) mass is 412 g/mol. The third-order valence-corrected chi connectivity index (χ3v) is 6.33. The van der Waals surface area contributed by atoms with E-state index in [1.54, 1.807) is 0 Å². The number of benzene rings is 2. The number of carbonyl (C=O) groups excluding carboxylic acids is 1. The normalized spacial score (nSPS) is 15.5. The van der Waals surface area contributed by atoms with Crippen molar-refractivity contribution < 1.29 is 4.79 Å². The van der Waals surface area contributed by atoms with Gasteiger partial charge in [0.05, 0.1) is 22.9 Å². The molecule has 1 amide bonds. The Morgan fingerprint density at radius 2 is 1.74 bits per heavy atom. The minimum absolute atomic E-state index is 0.169. The molecule has 158 valence electrons. The lowest BCUT2D eigenvalue weighted by Gasteiger charge is -2.37. The summed E-state index contributed by atoms with van der Waals surface area (Å²) in [6, 6.07) is 22.8. The Hall–Kier alpha value is -3.39. The van der Waals surface area contributed by atoms with Crippen LogP contribution in [0.2, 0.25) is 0 Å². The Bertz CT molecular complexity index is 1080. The van der Waals surface area contributed by atoms with Crippen molar-refractivity contribution in [2.45, 2.75) is 44.9 Å². The Kier molecular flexibility index (Phi) is 5.90. The highest BCUT2D eigenvalue weighted by atomic mass is 16.2. The first-order chi connectivity index (χ1) is 15.0. The Morgan fingerprint density at radius 3 is 2.32 bits per heavy atom. The van der Waals surface area contributed by atoms with Crippen molar-refractivity contribution in [3.63, 3.8) is 0 Å². The highest BCUT2D eigenvalue weighted by Crippen LogP contribution is 2.35. The van der Waals surface area contributed by atoms with E-state index >= 15 is 0 Å². The minimum atomic E-state index is -0.475. The number of aryl methyl sites for hydroxylation is 3. The van der Waals surface area contributed by atoms with Gasteiger partial charge in [-0.1, -0.05) is 42.5 Å². The summed E-state index contributed by atoms with van der Waals surface area (Å²) in [6.45, 7) is 5.31. The molecular formula is C26H28N4O. The van der Waals surface area contributed by atoms with Crippen LogP contribution in [0.15, 0.2) is 60.7 Å². The molecule has 2 heterocycles. The second kappa shape index (κ2) is 8.77.